The molecule has 0 atom stereocenters. The Morgan fingerprint density at radius 2 is 1.82 bits per heavy atom. The molecule has 0 aromatic heterocycles. The topological polar surface area (TPSA) is 52.9 Å². The van der Waals surface area contributed by atoms with Crippen molar-refractivity contribution in [2.75, 3.05) is 5.32 Å². The Kier molecular flexibility index (Phi) is 5.11. The monoisotopic (exact) mass is 290 g/mol. The molecule has 0 saturated heterocycles. The van der Waals surface area contributed by atoms with Crippen LogP contribution in [-0.2, 0) is 4.79 Å². The van der Waals surface area contributed by atoms with E-state index in [0.717, 1.165) is 5.56 Å². The zero-order valence-electron chi connectivity index (χ0n) is 12.7. The highest BCUT2D eigenvalue weighted by molar-refractivity contribution is 6.02. The lowest BCUT2D eigenvalue weighted by atomic mass is 10.0. The SMILES string of the molecule is CC(C)c1ccc(/C=C/C(=O)Nc2ccccc2C#N)cc1. The van der Waals surface area contributed by atoms with Gasteiger partial charge in [0, 0.05) is 6.08 Å². The average molecular weight is 290 g/mol. The van der Waals surface area contributed by atoms with Crippen LogP contribution in [-0.4, -0.2) is 5.91 Å². The molecule has 0 fully saturated rings. The predicted octanol–water partition coefficient (Wildman–Crippen LogP) is 4.33. The highest BCUT2D eigenvalue weighted by Gasteiger charge is 2.03. The van der Waals surface area contributed by atoms with Crippen LogP contribution in [0, 0.1) is 11.3 Å². The van der Waals surface area contributed by atoms with Gasteiger partial charge in [-0.25, -0.2) is 0 Å². The van der Waals surface area contributed by atoms with E-state index in [1.807, 2.05) is 12.1 Å². The maximum atomic E-state index is 11.9. The molecule has 1 amide bonds. The fourth-order valence-electron chi connectivity index (χ4n) is 2.03. The third-order valence-corrected chi connectivity index (χ3v) is 3.34. The van der Waals surface area contributed by atoms with Crippen LogP contribution in [0.2, 0.25) is 0 Å². The van der Waals surface area contributed by atoms with E-state index in [1.165, 1.54) is 11.6 Å². The Balaban J connectivity index is 2.04. The summed E-state index contributed by atoms with van der Waals surface area (Å²) >= 11 is 0. The van der Waals surface area contributed by atoms with Crippen molar-refractivity contribution in [2.24, 2.45) is 0 Å². The first-order chi connectivity index (χ1) is 10.6. The molecule has 0 aliphatic heterocycles. The number of amides is 1. The summed E-state index contributed by atoms with van der Waals surface area (Å²) in [6, 6.07) is 17.1. The summed E-state index contributed by atoms with van der Waals surface area (Å²) in [6.07, 6.45) is 3.23. The number of nitrogens with one attached hydrogen (secondary N) is 1. The third-order valence-electron chi connectivity index (χ3n) is 3.34. The molecule has 0 radical (unpaired) electrons. The molecule has 3 nitrogen and oxygen atoms in total. The van der Waals surface area contributed by atoms with Gasteiger partial charge in [-0.05, 0) is 35.3 Å². The molecule has 0 bridgehead atoms. The Hall–Kier alpha value is -2.86. The van der Waals surface area contributed by atoms with Crippen LogP contribution in [0.1, 0.15) is 36.5 Å². The Morgan fingerprint density at radius 1 is 1.14 bits per heavy atom. The van der Waals surface area contributed by atoms with Gasteiger partial charge in [-0.15, -0.1) is 0 Å². The lowest BCUT2D eigenvalue weighted by Gasteiger charge is -2.05. The predicted molar refractivity (Wildman–Crippen MR) is 89.4 cm³/mol. The second kappa shape index (κ2) is 7.24. The fraction of sp³-hybridized carbons (Fsp3) is 0.158. The van der Waals surface area contributed by atoms with Crippen molar-refractivity contribution >= 4 is 17.7 Å². The minimum absolute atomic E-state index is 0.254. The fourth-order valence-corrected chi connectivity index (χ4v) is 2.03. The number of carbonyl (C=O) groups excluding carboxylic acids is 1. The maximum Gasteiger partial charge on any atom is 0.248 e. The quantitative estimate of drug-likeness (QED) is 0.852. The number of carbonyl (C=O) groups is 1. The number of hydrogen-bond donors (Lipinski definition) is 1. The number of para-hydroxylation sites is 1. The van der Waals surface area contributed by atoms with Gasteiger partial charge < -0.3 is 5.32 Å². The van der Waals surface area contributed by atoms with Crippen molar-refractivity contribution in [1.29, 1.82) is 5.26 Å². The van der Waals surface area contributed by atoms with Crippen LogP contribution >= 0.6 is 0 Å². The number of nitriles is 1. The second-order valence-electron chi connectivity index (χ2n) is 5.30. The maximum absolute atomic E-state index is 11.9. The molecule has 2 rings (SSSR count). The zero-order valence-corrected chi connectivity index (χ0v) is 12.7. The summed E-state index contributed by atoms with van der Waals surface area (Å²) in [7, 11) is 0. The van der Waals surface area contributed by atoms with Crippen LogP contribution in [0.5, 0.6) is 0 Å². The van der Waals surface area contributed by atoms with E-state index >= 15 is 0 Å². The highest BCUT2D eigenvalue weighted by Crippen LogP contribution is 2.16. The van der Waals surface area contributed by atoms with Gasteiger partial charge in [-0.1, -0.05) is 50.2 Å². The van der Waals surface area contributed by atoms with Crippen molar-refractivity contribution in [3.8, 4) is 6.07 Å². The minimum Gasteiger partial charge on any atom is -0.321 e. The van der Waals surface area contributed by atoms with Crippen molar-refractivity contribution in [3.63, 3.8) is 0 Å². The number of anilines is 1. The van der Waals surface area contributed by atoms with Crippen molar-refractivity contribution < 1.29 is 4.79 Å². The zero-order chi connectivity index (χ0) is 15.9. The average Bonchev–Trinajstić information content (AvgIpc) is 2.54. The molecule has 1 N–H and O–H groups in total. The largest absolute Gasteiger partial charge is 0.321 e. The van der Waals surface area contributed by atoms with E-state index in [4.69, 9.17) is 5.26 Å². The molecule has 2 aromatic carbocycles. The summed E-state index contributed by atoms with van der Waals surface area (Å²) in [5, 5.41) is 11.7. The molecule has 0 aliphatic rings. The molecular weight excluding hydrogens is 272 g/mol. The minimum atomic E-state index is -0.254. The van der Waals surface area contributed by atoms with Crippen LogP contribution in [0.25, 0.3) is 6.08 Å². The summed E-state index contributed by atoms with van der Waals surface area (Å²) in [4.78, 5) is 11.9. The van der Waals surface area contributed by atoms with Gasteiger partial charge in [-0.3, -0.25) is 4.79 Å². The first kappa shape index (κ1) is 15.5. The molecule has 3 heteroatoms. The molecule has 22 heavy (non-hydrogen) atoms. The molecule has 0 spiro atoms. The van der Waals surface area contributed by atoms with Gasteiger partial charge in [0.05, 0.1) is 11.3 Å². The summed E-state index contributed by atoms with van der Waals surface area (Å²) < 4.78 is 0. The van der Waals surface area contributed by atoms with E-state index in [9.17, 15) is 4.79 Å². The summed E-state index contributed by atoms with van der Waals surface area (Å²) in [5.74, 6) is 0.236. The highest BCUT2D eigenvalue weighted by atomic mass is 16.1. The van der Waals surface area contributed by atoms with E-state index < -0.39 is 0 Å². The first-order valence-corrected chi connectivity index (χ1v) is 7.18. The first-order valence-electron chi connectivity index (χ1n) is 7.18. The van der Waals surface area contributed by atoms with E-state index in [-0.39, 0.29) is 5.91 Å². The molecule has 0 aliphatic carbocycles. The van der Waals surface area contributed by atoms with Gasteiger partial charge in [0.2, 0.25) is 5.91 Å². The molecule has 110 valence electrons. The van der Waals surface area contributed by atoms with Gasteiger partial charge in [0.1, 0.15) is 6.07 Å². The Labute approximate surface area is 130 Å². The number of nitrogens with zero attached hydrogens (tertiary/aromatic N) is 1. The van der Waals surface area contributed by atoms with Gasteiger partial charge in [0.15, 0.2) is 0 Å². The van der Waals surface area contributed by atoms with Crippen LogP contribution in [0.4, 0.5) is 5.69 Å². The normalized spacial score (nSPS) is 10.6. The number of rotatable bonds is 4. The second-order valence-corrected chi connectivity index (χ2v) is 5.30. The van der Waals surface area contributed by atoms with Crippen molar-refractivity contribution in [3.05, 3.63) is 71.3 Å². The van der Waals surface area contributed by atoms with E-state index in [2.05, 4.69) is 37.4 Å². The van der Waals surface area contributed by atoms with Gasteiger partial charge >= 0.3 is 0 Å². The van der Waals surface area contributed by atoms with Crippen LogP contribution in [0.15, 0.2) is 54.6 Å². The standard InChI is InChI=1S/C19H18N2O/c1-14(2)16-10-7-15(8-11-16)9-12-19(22)21-18-6-4-3-5-17(18)13-20/h3-12,14H,1-2H3,(H,21,22)/b12-9+. The number of benzene rings is 2. The Morgan fingerprint density at radius 3 is 2.45 bits per heavy atom. The molecular formula is C19H18N2O. The number of hydrogen-bond acceptors (Lipinski definition) is 2. The molecule has 0 saturated carbocycles. The van der Waals surface area contributed by atoms with Crippen LogP contribution < -0.4 is 5.32 Å². The Bertz CT molecular complexity index is 722. The van der Waals surface area contributed by atoms with Gasteiger partial charge in [0.25, 0.3) is 0 Å². The van der Waals surface area contributed by atoms with E-state index in [1.54, 1.807) is 30.3 Å². The van der Waals surface area contributed by atoms with Crippen molar-refractivity contribution in [2.45, 2.75) is 19.8 Å². The smallest absolute Gasteiger partial charge is 0.248 e. The molecule has 0 heterocycles. The van der Waals surface area contributed by atoms with Crippen LogP contribution in [0.3, 0.4) is 0 Å². The molecule has 2 aromatic rings. The third kappa shape index (κ3) is 4.07. The lowest BCUT2D eigenvalue weighted by molar-refractivity contribution is -0.111. The summed E-state index contributed by atoms with van der Waals surface area (Å²) in [5.41, 5.74) is 3.21. The lowest BCUT2D eigenvalue weighted by Crippen LogP contribution is -2.08. The summed E-state index contributed by atoms with van der Waals surface area (Å²) in [6.45, 7) is 4.29. The van der Waals surface area contributed by atoms with Gasteiger partial charge in [-0.2, -0.15) is 5.26 Å². The van der Waals surface area contributed by atoms with Crippen molar-refractivity contribution in [1.82, 2.24) is 0 Å². The van der Waals surface area contributed by atoms with E-state index in [0.29, 0.717) is 17.2 Å². The molecule has 0 unspecified atom stereocenters.